The van der Waals surface area contributed by atoms with Crippen molar-refractivity contribution in [1.82, 2.24) is 4.98 Å². The van der Waals surface area contributed by atoms with E-state index < -0.39 is 0 Å². The average Bonchev–Trinajstić information content (AvgIpc) is 3.73. The van der Waals surface area contributed by atoms with E-state index >= 15 is 0 Å². The number of fused-ring (bicyclic) bond motifs is 3. The van der Waals surface area contributed by atoms with Crippen LogP contribution in [-0.2, 0) is 36.7 Å². The Kier molecular flexibility index (Phi) is 13.9. The van der Waals surface area contributed by atoms with Crippen LogP contribution in [0.1, 0.15) is 119 Å². The van der Waals surface area contributed by atoms with Gasteiger partial charge < -0.3 is 13.9 Å². The predicted octanol–water partition coefficient (Wildman–Crippen LogP) is 14.3. The number of allylic oxidation sites excluding steroid dienone is 2. The summed E-state index contributed by atoms with van der Waals surface area (Å²) in [6.07, 6.45) is 7.55. The smallest absolute Gasteiger partial charge is 0.164 e. The molecule has 1 radical (unpaired) electrons. The number of carbonyl (C=O) groups is 1. The molecule has 6 aromatic rings. The van der Waals surface area contributed by atoms with Gasteiger partial charge in [-0.15, -0.1) is 29.1 Å². The number of ketones is 1. The molecule has 1 N–H and O–H groups in total. The maximum Gasteiger partial charge on any atom is 0.164 e. The second-order valence-electron chi connectivity index (χ2n) is 16.9. The molecular formula is C49H60IrNO4-. The van der Waals surface area contributed by atoms with E-state index in [1.807, 2.05) is 65.9 Å². The van der Waals surface area contributed by atoms with Crippen LogP contribution in [0.4, 0.5) is 0 Å². The van der Waals surface area contributed by atoms with Gasteiger partial charge in [0.15, 0.2) is 5.78 Å². The third-order valence-electron chi connectivity index (χ3n) is 11.8. The van der Waals surface area contributed by atoms with Crippen molar-refractivity contribution >= 4 is 38.5 Å². The molecular weight excluding hydrogens is 859 g/mol. The first-order chi connectivity index (χ1) is 25.5. The summed E-state index contributed by atoms with van der Waals surface area (Å²) in [7, 11) is 0. The van der Waals surface area contributed by atoms with Crippen molar-refractivity contribution in [2.24, 2.45) is 16.7 Å². The summed E-state index contributed by atoms with van der Waals surface area (Å²) in [5.74, 6) is 2.63. The molecule has 0 aliphatic heterocycles. The number of aliphatic hydroxyl groups excluding tert-OH is 1. The number of nitrogens with zero attached hydrogens (tertiary/aromatic N) is 1. The van der Waals surface area contributed by atoms with Crippen molar-refractivity contribution in [2.75, 3.05) is 0 Å². The Morgan fingerprint density at radius 1 is 0.836 bits per heavy atom. The topological polar surface area (TPSA) is 76.5 Å². The zero-order valence-electron chi connectivity index (χ0n) is 35.0. The molecule has 295 valence electrons. The molecule has 6 rings (SSSR count). The molecule has 3 heterocycles. The normalized spacial score (nSPS) is 12.6. The second kappa shape index (κ2) is 17.4. The van der Waals surface area contributed by atoms with Gasteiger partial charge in [0.25, 0.3) is 0 Å². The molecule has 0 bridgehead atoms. The molecule has 6 heteroatoms. The summed E-state index contributed by atoms with van der Waals surface area (Å²) in [5, 5.41) is 14.6. The molecule has 0 spiro atoms. The Hall–Kier alpha value is -3.99. The Balaban J connectivity index is 0.000000320. The van der Waals surface area contributed by atoms with Crippen molar-refractivity contribution in [3.8, 4) is 22.6 Å². The number of carbonyl (C=O) groups excluding carboxylic acids is 1. The summed E-state index contributed by atoms with van der Waals surface area (Å²) >= 11 is 0. The molecule has 3 aromatic heterocycles. The van der Waals surface area contributed by atoms with Crippen LogP contribution >= 0.6 is 0 Å². The summed E-state index contributed by atoms with van der Waals surface area (Å²) in [6, 6.07) is 24.7. The van der Waals surface area contributed by atoms with Gasteiger partial charge in [-0.05, 0) is 68.6 Å². The van der Waals surface area contributed by atoms with Crippen LogP contribution in [0.25, 0.3) is 55.3 Å². The van der Waals surface area contributed by atoms with Gasteiger partial charge in [0, 0.05) is 70.8 Å². The molecule has 0 saturated carbocycles. The van der Waals surface area contributed by atoms with E-state index in [2.05, 4.69) is 90.1 Å². The number of pyridine rings is 1. The van der Waals surface area contributed by atoms with Crippen LogP contribution in [-0.4, -0.2) is 15.9 Å². The molecule has 3 aromatic carbocycles. The maximum atomic E-state index is 12.2. The van der Waals surface area contributed by atoms with Gasteiger partial charge >= 0.3 is 0 Å². The van der Waals surface area contributed by atoms with Crippen molar-refractivity contribution in [3.63, 3.8) is 0 Å². The number of aryl methyl sites for hydroxylation is 1. The van der Waals surface area contributed by atoms with Crippen LogP contribution in [0, 0.1) is 29.7 Å². The SMILES string of the molecule is CCC(C)(CC)C(=O)/C=C(\O)C(C)(CC)CC.Cc1oc2cccc(-c3cc4c(-c5[c-]c6ccccc6c(C(C)(C)C)c5)nccc4o3)c2c1CC(C)C.[Ir]. The minimum absolute atomic E-state index is 0. The molecule has 0 fully saturated rings. The van der Waals surface area contributed by atoms with Crippen LogP contribution in [0.3, 0.4) is 0 Å². The van der Waals surface area contributed by atoms with Crippen LogP contribution in [0.2, 0.25) is 0 Å². The fraction of sp³-hybridized carbons (Fsp3) is 0.429. The van der Waals surface area contributed by atoms with Gasteiger partial charge in [-0.2, -0.15) is 0 Å². The van der Waals surface area contributed by atoms with Gasteiger partial charge in [0.1, 0.15) is 28.4 Å². The second-order valence-corrected chi connectivity index (χ2v) is 16.9. The molecule has 55 heavy (non-hydrogen) atoms. The average molecular weight is 919 g/mol. The van der Waals surface area contributed by atoms with E-state index in [1.165, 1.54) is 22.6 Å². The van der Waals surface area contributed by atoms with Crippen LogP contribution in [0.5, 0.6) is 0 Å². The van der Waals surface area contributed by atoms with Gasteiger partial charge in [-0.25, -0.2) is 0 Å². The minimum Gasteiger partial charge on any atom is -0.512 e. The maximum absolute atomic E-state index is 12.2. The Labute approximate surface area is 342 Å². The van der Waals surface area contributed by atoms with E-state index in [9.17, 15) is 9.90 Å². The van der Waals surface area contributed by atoms with Gasteiger partial charge in [0.05, 0.1) is 0 Å². The third kappa shape index (κ3) is 9.03. The van der Waals surface area contributed by atoms with E-state index in [0.29, 0.717) is 5.92 Å². The Morgan fingerprint density at radius 3 is 2.11 bits per heavy atom. The van der Waals surface area contributed by atoms with Crippen LogP contribution in [0.15, 0.2) is 87.5 Å². The molecule has 0 atom stereocenters. The van der Waals surface area contributed by atoms with Crippen molar-refractivity contribution < 1.29 is 38.8 Å². The zero-order valence-corrected chi connectivity index (χ0v) is 37.4. The van der Waals surface area contributed by atoms with Crippen molar-refractivity contribution in [2.45, 2.75) is 121 Å². The van der Waals surface area contributed by atoms with E-state index in [0.717, 1.165) is 87.8 Å². The summed E-state index contributed by atoms with van der Waals surface area (Å²) in [5.41, 5.74) is 6.60. The van der Waals surface area contributed by atoms with Crippen molar-refractivity contribution in [1.29, 1.82) is 0 Å². The Bertz CT molecular complexity index is 2290. The third-order valence-corrected chi connectivity index (χ3v) is 11.8. The predicted molar refractivity (Wildman–Crippen MR) is 226 cm³/mol. The van der Waals surface area contributed by atoms with E-state index in [4.69, 9.17) is 13.8 Å². The molecule has 5 nitrogen and oxygen atoms in total. The molecule has 0 aliphatic rings. The number of aromatic nitrogens is 1. The monoisotopic (exact) mass is 919 g/mol. The van der Waals surface area contributed by atoms with E-state index in [-0.39, 0.29) is 47.9 Å². The minimum atomic E-state index is -0.337. The van der Waals surface area contributed by atoms with Crippen LogP contribution < -0.4 is 0 Å². The van der Waals surface area contributed by atoms with Gasteiger partial charge in [0.2, 0.25) is 0 Å². The molecule has 0 aliphatic carbocycles. The first-order valence-electron chi connectivity index (χ1n) is 19.8. The molecule has 0 unspecified atom stereocenters. The first kappa shape index (κ1) is 43.7. The number of furan rings is 2. The number of hydrogen-bond donors (Lipinski definition) is 1. The van der Waals surface area contributed by atoms with Gasteiger partial charge in [-0.1, -0.05) is 117 Å². The molecule has 0 saturated heterocycles. The number of rotatable bonds is 11. The van der Waals surface area contributed by atoms with Gasteiger partial charge in [-0.3, -0.25) is 9.78 Å². The summed E-state index contributed by atoms with van der Waals surface area (Å²) in [6.45, 7) is 25.4. The summed E-state index contributed by atoms with van der Waals surface area (Å²) in [4.78, 5) is 17.0. The zero-order chi connectivity index (χ0) is 39.6. The van der Waals surface area contributed by atoms with Crippen molar-refractivity contribution in [3.05, 3.63) is 102 Å². The molecule has 0 amide bonds. The Morgan fingerprint density at radius 2 is 1.49 bits per heavy atom. The largest absolute Gasteiger partial charge is 0.512 e. The quantitative estimate of drug-likeness (QED) is 0.0796. The fourth-order valence-corrected chi connectivity index (χ4v) is 7.16. The standard InChI is InChI=1S/C34H32NO2.C15H28O2.Ir/c1-20(2)16-26-21(3)36-30-13-9-12-25(32(26)30)31-19-27-29(37-31)14-15-35-33(27)23-17-22-10-7-8-11-24(22)28(18-23)34(4,5)6;1-7-14(5,8-2)12(16)11-13(17)15(6,9-3)10-4;/h7-15,18-20H,16H2,1-6H3;11,16H,7-10H2,1-6H3;/q-1;;/b;12-11-;. The first-order valence-corrected chi connectivity index (χ1v) is 19.8. The van der Waals surface area contributed by atoms with E-state index in [1.54, 1.807) is 0 Å². The summed E-state index contributed by atoms with van der Waals surface area (Å²) < 4.78 is 12.6. The number of aliphatic hydroxyl groups is 1. The fourth-order valence-electron chi connectivity index (χ4n) is 7.16. The number of hydrogen-bond acceptors (Lipinski definition) is 5. The number of benzene rings is 3.